The fourth-order valence-corrected chi connectivity index (χ4v) is 2.80. The standard InChI is InChI=1S/C12H11ClF2N2S/c13-12-4-2-8(18-12)6-11(17-16)7-1-3-9(14)10(15)5-7/h1-5,11,17H,6,16H2. The average Bonchev–Trinajstić information content (AvgIpc) is 2.75. The van der Waals surface area contributed by atoms with Crippen molar-refractivity contribution in [3.8, 4) is 0 Å². The SMILES string of the molecule is NNC(Cc1ccc(Cl)s1)c1ccc(F)c(F)c1. The Labute approximate surface area is 112 Å². The molecule has 3 N–H and O–H groups in total. The average molecular weight is 289 g/mol. The Morgan fingerprint density at radius 3 is 2.56 bits per heavy atom. The van der Waals surface area contributed by atoms with Crippen LogP contribution < -0.4 is 11.3 Å². The zero-order valence-corrected chi connectivity index (χ0v) is 10.9. The lowest BCUT2D eigenvalue weighted by Gasteiger charge is -2.15. The number of hydrogen-bond donors (Lipinski definition) is 2. The van der Waals surface area contributed by atoms with Crippen LogP contribution in [0.5, 0.6) is 0 Å². The number of thiophene rings is 1. The molecule has 0 fully saturated rings. The Balaban J connectivity index is 2.19. The van der Waals surface area contributed by atoms with Gasteiger partial charge in [-0.2, -0.15) is 0 Å². The summed E-state index contributed by atoms with van der Waals surface area (Å²) in [6, 6.07) is 7.15. The van der Waals surface area contributed by atoms with Crippen molar-refractivity contribution in [2.75, 3.05) is 0 Å². The highest BCUT2D eigenvalue weighted by Gasteiger charge is 2.14. The van der Waals surface area contributed by atoms with Crippen molar-refractivity contribution in [1.29, 1.82) is 0 Å². The van der Waals surface area contributed by atoms with Crippen LogP contribution in [0.15, 0.2) is 30.3 Å². The van der Waals surface area contributed by atoms with Crippen LogP contribution >= 0.6 is 22.9 Å². The summed E-state index contributed by atoms with van der Waals surface area (Å²) in [6.07, 6.45) is 0.568. The number of benzene rings is 1. The minimum atomic E-state index is -0.878. The first-order valence-corrected chi connectivity index (χ1v) is 6.45. The van der Waals surface area contributed by atoms with Crippen molar-refractivity contribution < 1.29 is 8.78 Å². The first kappa shape index (κ1) is 13.4. The van der Waals surface area contributed by atoms with Crippen molar-refractivity contribution in [2.24, 2.45) is 5.84 Å². The summed E-state index contributed by atoms with van der Waals surface area (Å²) >= 11 is 7.27. The lowest BCUT2D eigenvalue weighted by Crippen LogP contribution is -2.29. The Morgan fingerprint density at radius 1 is 1.22 bits per heavy atom. The summed E-state index contributed by atoms with van der Waals surface area (Å²) < 4.78 is 26.7. The largest absolute Gasteiger partial charge is 0.271 e. The summed E-state index contributed by atoms with van der Waals surface area (Å²) in [5, 5.41) is 0. The molecule has 0 aliphatic rings. The third-order valence-corrected chi connectivity index (χ3v) is 3.83. The van der Waals surface area contributed by atoms with Crippen molar-refractivity contribution in [3.05, 3.63) is 56.7 Å². The number of nitrogens with one attached hydrogen (secondary N) is 1. The molecule has 0 radical (unpaired) electrons. The maximum Gasteiger partial charge on any atom is 0.159 e. The molecular formula is C12H11ClF2N2S. The van der Waals surface area contributed by atoms with E-state index in [2.05, 4.69) is 5.43 Å². The molecule has 0 aliphatic carbocycles. The van der Waals surface area contributed by atoms with Crippen molar-refractivity contribution in [2.45, 2.75) is 12.5 Å². The zero-order chi connectivity index (χ0) is 13.1. The summed E-state index contributed by atoms with van der Waals surface area (Å²) in [5.74, 6) is 3.71. The first-order chi connectivity index (χ1) is 8.60. The number of hydrogen-bond acceptors (Lipinski definition) is 3. The van der Waals surface area contributed by atoms with Gasteiger partial charge in [-0.25, -0.2) is 8.78 Å². The van der Waals surface area contributed by atoms with Crippen LogP contribution in [0.3, 0.4) is 0 Å². The second kappa shape index (κ2) is 5.75. The normalized spacial score (nSPS) is 12.7. The Hall–Kier alpha value is -1.01. The fourth-order valence-electron chi connectivity index (χ4n) is 1.66. The van der Waals surface area contributed by atoms with Gasteiger partial charge in [0, 0.05) is 11.3 Å². The van der Waals surface area contributed by atoms with Gasteiger partial charge in [-0.15, -0.1) is 11.3 Å². The van der Waals surface area contributed by atoms with Gasteiger partial charge in [0.2, 0.25) is 0 Å². The van der Waals surface area contributed by atoms with E-state index in [-0.39, 0.29) is 6.04 Å². The second-order valence-electron chi connectivity index (χ2n) is 3.80. The topological polar surface area (TPSA) is 38.0 Å². The second-order valence-corrected chi connectivity index (χ2v) is 5.60. The monoisotopic (exact) mass is 288 g/mol. The quantitative estimate of drug-likeness (QED) is 0.668. The molecule has 0 saturated carbocycles. The van der Waals surface area contributed by atoms with Crippen LogP contribution in [0.1, 0.15) is 16.5 Å². The third-order valence-electron chi connectivity index (χ3n) is 2.58. The van der Waals surface area contributed by atoms with Crippen LogP contribution in [0.25, 0.3) is 0 Å². The van der Waals surface area contributed by atoms with Crippen LogP contribution in [0, 0.1) is 11.6 Å². The molecule has 0 bridgehead atoms. The van der Waals surface area contributed by atoms with Crippen molar-refractivity contribution >= 4 is 22.9 Å². The summed E-state index contributed by atoms with van der Waals surface area (Å²) in [5.41, 5.74) is 3.20. The van der Waals surface area contributed by atoms with Crippen LogP contribution in [0.2, 0.25) is 4.34 Å². The molecule has 0 saturated heterocycles. The van der Waals surface area contributed by atoms with Gasteiger partial charge in [-0.05, 0) is 29.8 Å². The van der Waals surface area contributed by atoms with Gasteiger partial charge in [0.05, 0.1) is 10.4 Å². The van der Waals surface area contributed by atoms with E-state index in [0.717, 1.165) is 17.0 Å². The molecule has 2 nitrogen and oxygen atoms in total. The number of halogens is 3. The molecule has 2 aromatic rings. The predicted octanol–water partition coefficient (Wildman–Crippen LogP) is 3.43. The summed E-state index contributed by atoms with van der Waals surface area (Å²) in [7, 11) is 0. The maximum absolute atomic E-state index is 13.2. The van der Waals surface area contributed by atoms with Gasteiger partial charge < -0.3 is 0 Å². The van der Waals surface area contributed by atoms with E-state index < -0.39 is 11.6 Å². The van der Waals surface area contributed by atoms with Gasteiger partial charge in [0.25, 0.3) is 0 Å². The predicted molar refractivity (Wildman–Crippen MR) is 69.5 cm³/mol. The van der Waals surface area contributed by atoms with Gasteiger partial charge >= 0.3 is 0 Å². The number of rotatable bonds is 4. The van der Waals surface area contributed by atoms with E-state index in [9.17, 15) is 8.78 Å². The molecule has 18 heavy (non-hydrogen) atoms. The van der Waals surface area contributed by atoms with E-state index in [1.54, 1.807) is 6.07 Å². The molecule has 1 atom stereocenters. The highest BCUT2D eigenvalue weighted by Crippen LogP contribution is 2.26. The van der Waals surface area contributed by atoms with Crippen molar-refractivity contribution in [1.82, 2.24) is 5.43 Å². The van der Waals surface area contributed by atoms with Crippen LogP contribution in [0.4, 0.5) is 8.78 Å². The Morgan fingerprint density at radius 2 is 2.00 bits per heavy atom. The van der Waals surface area contributed by atoms with Crippen LogP contribution in [-0.2, 0) is 6.42 Å². The Bertz CT molecular complexity index is 545. The maximum atomic E-state index is 13.2. The van der Waals surface area contributed by atoms with Gasteiger partial charge in [0.15, 0.2) is 11.6 Å². The lowest BCUT2D eigenvalue weighted by atomic mass is 10.0. The van der Waals surface area contributed by atoms with Gasteiger partial charge in [-0.3, -0.25) is 11.3 Å². The lowest BCUT2D eigenvalue weighted by molar-refractivity contribution is 0.497. The van der Waals surface area contributed by atoms with Gasteiger partial charge in [-0.1, -0.05) is 17.7 Å². The minimum Gasteiger partial charge on any atom is -0.271 e. The van der Waals surface area contributed by atoms with E-state index in [4.69, 9.17) is 17.4 Å². The van der Waals surface area contributed by atoms with E-state index in [1.807, 2.05) is 6.07 Å². The molecule has 1 aromatic heterocycles. The van der Waals surface area contributed by atoms with Crippen molar-refractivity contribution in [3.63, 3.8) is 0 Å². The van der Waals surface area contributed by atoms with Gasteiger partial charge in [0.1, 0.15) is 0 Å². The molecule has 1 aromatic carbocycles. The highest BCUT2D eigenvalue weighted by molar-refractivity contribution is 7.16. The molecule has 1 heterocycles. The molecule has 6 heteroatoms. The van der Waals surface area contributed by atoms with E-state index in [1.165, 1.54) is 17.4 Å². The molecular weight excluding hydrogens is 278 g/mol. The number of nitrogens with two attached hydrogens (primary N) is 1. The molecule has 0 spiro atoms. The summed E-state index contributed by atoms with van der Waals surface area (Å²) in [4.78, 5) is 1.02. The number of hydrazine groups is 1. The molecule has 2 rings (SSSR count). The molecule has 96 valence electrons. The molecule has 0 aliphatic heterocycles. The van der Waals surface area contributed by atoms with Crippen LogP contribution in [-0.4, -0.2) is 0 Å². The summed E-state index contributed by atoms with van der Waals surface area (Å²) in [6.45, 7) is 0. The highest BCUT2D eigenvalue weighted by atomic mass is 35.5. The first-order valence-electron chi connectivity index (χ1n) is 5.25. The smallest absolute Gasteiger partial charge is 0.159 e. The van der Waals surface area contributed by atoms with E-state index in [0.29, 0.717) is 16.3 Å². The molecule has 1 unspecified atom stereocenters. The Kier molecular flexibility index (Phi) is 4.29. The molecule has 0 amide bonds. The zero-order valence-electron chi connectivity index (χ0n) is 9.29. The fraction of sp³-hybridized carbons (Fsp3) is 0.167. The van der Waals surface area contributed by atoms with E-state index >= 15 is 0 Å². The third kappa shape index (κ3) is 3.05. The minimum absolute atomic E-state index is 0.283.